The van der Waals surface area contributed by atoms with Gasteiger partial charge in [0.05, 0.1) is 0 Å². The molecule has 8 nitrogen and oxygen atoms in total. The van der Waals surface area contributed by atoms with Crippen LogP contribution in [0.2, 0.25) is 0 Å². The summed E-state index contributed by atoms with van der Waals surface area (Å²) in [5, 5.41) is 53.4. The fourth-order valence-electron chi connectivity index (χ4n) is 12.1. The molecule has 0 radical (unpaired) electrons. The molecule has 0 amide bonds. The van der Waals surface area contributed by atoms with E-state index in [4.69, 9.17) is 0 Å². The number of alkyl halides is 18. The van der Waals surface area contributed by atoms with Crippen LogP contribution in [-0.2, 0) is 23.5 Å². The summed E-state index contributed by atoms with van der Waals surface area (Å²) in [4.78, 5) is 29.5. The number of carbonyl (C=O) groups is 3. The maximum atomic E-state index is 15.4. The molecule has 0 aliphatic carbocycles. The number of hydrogen-bond donors (Lipinski definition) is 0. The van der Waals surface area contributed by atoms with Gasteiger partial charge in [-0.3, -0.25) is 14.4 Å². The van der Waals surface area contributed by atoms with E-state index >= 15 is 9.13 Å². The van der Waals surface area contributed by atoms with Crippen LogP contribution in [-0.4, -0.2) is 54.4 Å². The molecule has 0 heterocycles. The Hall–Kier alpha value is -10.4. The molecular formula is C83H49EuF18O8P2. The number of ketones is 3. The first-order valence-corrected chi connectivity index (χ1v) is 35.7. The van der Waals surface area contributed by atoms with Crippen molar-refractivity contribution in [2.75, 3.05) is 0 Å². The molecule has 0 aromatic heterocycles. The normalized spacial score (nSPS) is 12.8. The van der Waals surface area contributed by atoms with Gasteiger partial charge in [-0.05, 0) is 134 Å². The predicted octanol–water partition coefficient (Wildman–Crippen LogP) is 18.7. The number of hydrogen-bond acceptors (Lipinski definition) is 8. The van der Waals surface area contributed by atoms with Crippen LogP contribution >= 0.6 is 14.3 Å². The molecule has 0 atom stereocenters. The standard InChI is InChI=1S/2C34H23OP.3C5H2F6O2.Eu/c2*35-36(25-12-3-1-4-13-25,26-14-5-2-6-15-26)34-23-33-30-20-19-24-11-7-8-16-27(24)29(30)21-22-31(33)28-17-9-10-18-32(28)34;3*6-4(7,8)2(12)1-3(13)5(9,10)11;/h2*1-23H;3*1,12H;/q;;;;;+3/p-3/b;;3*2-1-;. The second kappa shape index (κ2) is 34.3. The predicted molar refractivity (Wildman–Crippen MR) is 387 cm³/mol. The molecule has 29 heteroatoms. The minimum absolute atomic E-state index is 0. The first-order chi connectivity index (χ1) is 52.1. The molecule has 0 N–H and O–H groups in total. The van der Waals surface area contributed by atoms with Crippen molar-refractivity contribution in [2.45, 2.75) is 37.1 Å². The Morgan fingerprint density at radius 3 is 0.652 bits per heavy atom. The van der Waals surface area contributed by atoms with Crippen LogP contribution in [0.25, 0.3) is 86.2 Å². The third-order valence-corrected chi connectivity index (χ3v) is 23.3. The van der Waals surface area contributed by atoms with Gasteiger partial charge in [0.15, 0.2) is 14.3 Å². The average molecular weight is 1730 g/mol. The number of rotatable bonds is 9. The maximum absolute atomic E-state index is 15.4. The van der Waals surface area contributed by atoms with Crippen molar-refractivity contribution in [1.82, 2.24) is 0 Å². The fraction of sp³-hybridized carbons (Fsp3) is 0.0723. The Bertz CT molecular complexity index is 5540. The average Bonchev–Trinajstić information content (AvgIpc) is 0.725. The molecule has 0 bridgehead atoms. The van der Waals surface area contributed by atoms with Gasteiger partial charge in [-0.25, -0.2) is 0 Å². The van der Waals surface area contributed by atoms with Crippen LogP contribution in [0, 0.1) is 49.4 Å². The van der Waals surface area contributed by atoms with E-state index in [-0.39, 0.29) is 49.4 Å². The topological polar surface area (TPSA) is 155 Å². The van der Waals surface area contributed by atoms with Crippen LogP contribution in [0.5, 0.6) is 0 Å². The summed E-state index contributed by atoms with van der Waals surface area (Å²) in [5.41, 5.74) is 0. The monoisotopic (exact) mass is 1730 g/mol. The second-order valence-corrected chi connectivity index (χ2v) is 29.6. The Morgan fingerprint density at radius 2 is 0.420 bits per heavy atom. The summed E-state index contributed by atoms with van der Waals surface area (Å²) < 4.78 is 234. The SMILES string of the molecule is O=C(/C=C(\[O-])C(F)(F)F)C(F)(F)F.O=C(/C=C(\[O-])C(F)(F)F)C(F)(F)F.O=C(/C=C(\[O-])C(F)(F)F)C(F)(F)F.O=P(c1ccccc1)(c1ccccc1)c1cc2c(ccc3c4ccccc4ccc32)c2ccccc12.O=P(c1ccccc1)(c1ccccc1)c1cc2c(ccc3c4ccccc4ccc32)c2ccccc12.[Eu+3]. The van der Waals surface area contributed by atoms with Gasteiger partial charge in [0.2, 0.25) is 0 Å². The summed E-state index contributed by atoms with van der Waals surface area (Å²) in [6, 6.07) is 95.8. The van der Waals surface area contributed by atoms with Crippen molar-refractivity contribution in [2.24, 2.45) is 0 Å². The molecule has 0 aliphatic heterocycles. The van der Waals surface area contributed by atoms with Gasteiger partial charge in [-0.15, -0.1) is 0 Å². The molecule has 0 saturated heterocycles. The Morgan fingerprint density at radius 1 is 0.232 bits per heavy atom. The number of fused-ring (bicyclic) bond motifs is 14. The zero-order valence-electron chi connectivity index (χ0n) is 56.6. The van der Waals surface area contributed by atoms with Crippen molar-refractivity contribution in [3.63, 3.8) is 0 Å². The van der Waals surface area contributed by atoms with Gasteiger partial charge >= 0.3 is 86.4 Å². The van der Waals surface area contributed by atoms with Gasteiger partial charge < -0.3 is 24.4 Å². The van der Waals surface area contributed by atoms with Gasteiger partial charge in [-0.1, -0.05) is 267 Å². The number of carbonyl (C=O) groups excluding carboxylic acids is 3. The fourth-order valence-corrected chi connectivity index (χ4v) is 17.9. The first-order valence-electron chi connectivity index (χ1n) is 32.3. The molecular weight excluding hydrogens is 1680 g/mol. The largest absolute Gasteiger partial charge is 3.00 e. The van der Waals surface area contributed by atoms with E-state index in [0.29, 0.717) is 0 Å². The van der Waals surface area contributed by atoms with E-state index in [2.05, 4.69) is 146 Å². The van der Waals surface area contributed by atoms with Gasteiger partial charge in [0.25, 0.3) is 17.3 Å². The van der Waals surface area contributed by atoms with Crippen molar-refractivity contribution in [3.05, 3.63) is 315 Å². The Kier molecular flexibility index (Phi) is 26.2. The van der Waals surface area contributed by atoms with Crippen LogP contribution in [0.1, 0.15) is 0 Å². The third kappa shape index (κ3) is 19.0. The number of benzene rings is 14. The smallest absolute Gasteiger partial charge is 0.869 e. The summed E-state index contributed by atoms with van der Waals surface area (Å²) in [6.07, 6.45) is -35.8. The molecule has 0 aliphatic rings. The van der Waals surface area contributed by atoms with E-state index in [1.54, 1.807) is 0 Å². The number of halogens is 18. The molecule has 14 aromatic rings. The van der Waals surface area contributed by atoms with Crippen LogP contribution in [0.4, 0.5) is 79.0 Å². The van der Waals surface area contributed by atoms with E-state index < -0.39 is 104 Å². The minimum atomic E-state index is -5.46. The van der Waals surface area contributed by atoms with Crippen molar-refractivity contribution >= 4 is 150 Å². The van der Waals surface area contributed by atoms with Crippen LogP contribution in [0.15, 0.2) is 315 Å². The molecule has 0 saturated carbocycles. The quantitative estimate of drug-likeness (QED) is 0.0455. The van der Waals surface area contributed by atoms with Crippen LogP contribution in [0.3, 0.4) is 0 Å². The molecule has 14 rings (SSSR count). The van der Waals surface area contributed by atoms with E-state index in [0.717, 1.165) is 64.1 Å². The summed E-state index contributed by atoms with van der Waals surface area (Å²) in [6.45, 7) is 0. The van der Waals surface area contributed by atoms with Gasteiger partial charge in [0.1, 0.15) is 0 Å². The maximum Gasteiger partial charge on any atom is 3.00 e. The van der Waals surface area contributed by atoms with Crippen molar-refractivity contribution in [3.8, 4) is 0 Å². The summed E-state index contributed by atoms with van der Waals surface area (Å²) in [5.74, 6) is -16.9. The van der Waals surface area contributed by atoms with Crippen molar-refractivity contribution in [1.29, 1.82) is 0 Å². The molecule has 0 spiro atoms. The Balaban J connectivity index is 0.000000176. The zero-order chi connectivity index (χ0) is 80.8. The third-order valence-electron chi connectivity index (χ3n) is 17.1. The molecule has 572 valence electrons. The molecule has 0 unspecified atom stereocenters. The van der Waals surface area contributed by atoms with Crippen molar-refractivity contribution < 1.29 is 167 Å². The molecule has 112 heavy (non-hydrogen) atoms. The minimum Gasteiger partial charge on any atom is -0.869 e. The molecule has 0 fully saturated rings. The summed E-state index contributed by atoms with van der Waals surface area (Å²) in [7, 11) is -6.30. The van der Waals surface area contributed by atoms with Gasteiger partial charge in [0, 0.05) is 31.8 Å². The Labute approximate surface area is 663 Å². The van der Waals surface area contributed by atoms with Crippen LogP contribution < -0.4 is 47.1 Å². The first kappa shape index (κ1) is 85.6. The molecule has 14 aromatic carbocycles. The second-order valence-electron chi connectivity index (χ2n) is 24.1. The number of allylic oxidation sites excluding steroid dienone is 6. The van der Waals surface area contributed by atoms with E-state index in [1.165, 1.54) is 53.9 Å². The summed E-state index contributed by atoms with van der Waals surface area (Å²) >= 11 is 0. The van der Waals surface area contributed by atoms with E-state index in [9.17, 15) is 109 Å². The van der Waals surface area contributed by atoms with Gasteiger partial charge in [-0.2, -0.15) is 79.0 Å². The van der Waals surface area contributed by atoms with E-state index in [1.807, 2.05) is 133 Å². The zero-order valence-corrected chi connectivity index (χ0v) is 60.8.